The first-order valence-corrected chi connectivity index (χ1v) is 6.39. The number of nitrogens with one attached hydrogen (secondary N) is 1. The molecule has 3 nitrogen and oxygen atoms in total. The van der Waals surface area contributed by atoms with Gasteiger partial charge in [-0.05, 0) is 30.5 Å². The van der Waals surface area contributed by atoms with Gasteiger partial charge in [-0.3, -0.25) is 11.3 Å². The van der Waals surface area contributed by atoms with Crippen LogP contribution >= 0.6 is 0 Å². The summed E-state index contributed by atoms with van der Waals surface area (Å²) in [6.45, 7) is 0. The molecule has 0 bridgehead atoms. The summed E-state index contributed by atoms with van der Waals surface area (Å²) in [5.74, 6) is 6.75. The van der Waals surface area contributed by atoms with Crippen molar-refractivity contribution < 1.29 is 4.42 Å². The Hall–Kier alpha value is -1.58. The zero-order chi connectivity index (χ0) is 12.4. The van der Waals surface area contributed by atoms with E-state index in [0.717, 1.165) is 12.2 Å². The summed E-state index contributed by atoms with van der Waals surface area (Å²) in [6, 6.07) is 14.8. The van der Waals surface area contributed by atoms with Crippen LogP contribution in [0.25, 0.3) is 0 Å². The monoisotopic (exact) mass is 242 g/mol. The van der Waals surface area contributed by atoms with Crippen LogP contribution in [0.3, 0.4) is 0 Å². The molecule has 1 fully saturated rings. The summed E-state index contributed by atoms with van der Waals surface area (Å²) in [7, 11) is 0. The van der Waals surface area contributed by atoms with E-state index >= 15 is 0 Å². The van der Waals surface area contributed by atoms with Crippen LogP contribution in [-0.2, 0) is 11.8 Å². The van der Waals surface area contributed by atoms with Gasteiger partial charge in [-0.25, -0.2) is 0 Å². The molecule has 0 radical (unpaired) electrons. The summed E-state index contributed by atoms with van der Waals surface area (Å²) in [6.07, 6.45) is 4.92. The second-order valence-corrected chi connectivity index (χ2v) is 5.02. The van der Waals surface area contributed by atoms with E-state index in [-0.39, 0.29) is 11.5 Å². The molecule has 1 aliphatic rings. The highest BCUT2D eigenvalue weighted by Gasteiger charge is 2.50. The number of nitrogens with two attached hydrogens (primary N) is 1. The van der Waals surface area contributed by atoms with Crippen molar-refractivity contribution in [2.45, 2.75) is 30.7 Å². The van der Waals surface area contributed by atoms with Crippen molar-refractivity contribution in [3.05, 3.63) is 60.1 Å². The first kappa shape index (κ1) is 11.5. The maximum Gasteiger partial charge on any atom is 0.105 e. The van der Waals surface area contributed by atoms with Gasteiger partial charge < -0.3 is 4.42 Å². The topological polar surface area (TPSA) is 51.2 Å². The Morgan fingerprint density at radius 1 is 1.17 bits per heavy atom. The van der Waals surface area contributed by atoms with Crippen LogP contribution < -0.4 is 11.3 Å². The fraction of sp³-hybridized carbons (Fsp3) is 0.333. The van der Waals surface area contributed by atoms with Gasteiger partial charge in [0.2, 0.25) is 0 Å². The van der Waals surface area contributed by atoms with E-state index in [0.29, 0.717) is 0 Å². The third kappa shape index (κ3) is 1.96. The molecule has 3 heteroatoms. The number of benzene rings is 1. The number of hydrogen-bond donors (Lipinski definition) is 2. The Labute approximate surface area is 107 Å². The molecule has 3 rings (SSSR count). The number of hydrogen-bond acceptors (Lipinski definition) is 3. The highest BCUT2D eigenvalue weighted by atomic mass is 16.3. The van der Waals surface area contributed by atoms with E-state index in [9.17, 15) is 0 Å². The fourth-order valence-electron chi connectivity index (χ4n) is 2.79. The molecule has 1 aromatic heterocycles. The van der Waals surface area contributed by atoms with Gasteiger partial charge in [0.1, 0.15) is 5.76 Å². The largest absolute Gasteiger partial charge is 0.469 e. The lowest BCUT2D eigenvalue weighted by molar-refractivity contribution is 0.384. The number of hydrazine groups is 1. The van der Waals surface area contributed by atoms with Gasteiger partial charge in [-0.2, -0.15) is 0 Å². The molecular weight excluding hydrogens is 224 g/mol. The minimum absolute atomic E-state index is 0.183. The van der Waals surface area contributed by atoms with Gasteiger partial charge in [-0.1, -0.05) is 30.3 Å². The van der Waals surface area contributed by atoms with Crippen LogP contribution in [0.5, 0.6) is 0 Å². The normalized spacial score (nSPS) is 18.5. The fourth-order valence-corrected chi connectivity index (χ4v) is 2.79. The molecule has 1 aliphatic carbocycles. The van der Waals surface area contributed by atoms with E-state index in [1.54, 1.807) is 6.26 Å². The van der Waals surface area contributed by atoms with E-state index in [1.807, 2.05) is 12.1 Å². The van der Waals surface area contributed by atoms with Crippen LogP contribution in [-0.4, -0.2) is 6.04 Å². The number of rotatable bonds is 5. The Morgan fingerprint density at radius 2 is 1.94 bits per heavy atom. The molecule has 0 saturated heterocycles. The van der Waals surface area contributed by atoms with Crippen molar-refractivity contribution >= 4 is 0 Å². The second-order valence-electron chi connectivity index (χ2n) is 5.02. The highest BCUT2D eigenvalue weighted by molar-refractivity contribution is 5.34. The SMILES string of the molecule is NNC(Cc1ccco1)C1(c2ccccc2)CC1. The summed E-state index contributed by atoms with van der Waals surface area (Å²) >= 11 is 0. The predicted molar refractivity (Wildman–Crippen MR) is 70.9 cm³/mol. The van der Waals surface area contributed by atoms with E-state index in [4.69, 9.17) is 10.3 Å². The van der Waals surface area contributed by atoms with Gasteiger partial charge in [0.15, 0.2) is 0 Å². The molecule has 1 unspecified atom stereocenters. The summed E-state index contributed by atoms with van der Waals surface area (Å²) < 4.78 is 5.43. The first-order valence-electron chi connectivity index (χ1n) is 6.39. The van der Waals surface area contributed by atoms with Crippen LogP contribution in [0.4, 0.5) is 0 Å². The van der Waals surface area contributed by atoms with E-state index in [1.165, 1.54) is 18.4 Å². The maximum absolute atomic E-state index is 5.76. The molecule has 1 saturated carbocycles. The first-order chi connectivity index (χ1) is 8.85. The van der Waals surface area contributed by atoms with Crippen molar-refractivity contribution in [2.24, 2.45) is 5.84 Å². The molecule has 0 amide bonds. The molecular formula is C15H18N2O. The molecule has 1 aromatic carbocycles. The van der Waals surface area contributed by atoms with Gasteiger partial charge in [0, 0.05) is 17.9 Å². The predicted octanol–water partition coefficient (Wildman–Crippen LogP) is 2.39. The van der Waals surface area contributed by atoms with Crippen LogP contribution in [0.1, 0.15) is 24.2 Å². The van der Waals surface area contributed by atoms with Gasteiger partial charge in [0.25, 0.3) is 0 Å². The molecule has 3 N–H and O–H groups in total. The molecule has 0 spiro atoms. The second kappa shape index (κ2) is 4.59. The summed E-state index contributed by atoms with van der Waals surface area (Å²) in [4.78, 5) is 0. The van der Waals surface area contributed by atoms with Crippen LogP contribution in [0, 0.1) is 0 Å². The molecule has 1 atom stereocenters. The molecule has 1 heterocycles. The quantitative estimate of drug-likeness (QED) is 0.625. The van der Waals surface area contributed by atoms with E-state index < -0.39 is 0 Å². The lowest BCUT2D eigenvalue weighted by Crippen LogP contribution is -2.45. The minimum atomic E-state index is 0.183. The molecule has 18 heavy (non-hydrogen) atoms. The third-order valence-corrected chi connectivity index (χ3v) is 3.99. The van der Waals surface area contributed by atoms with Crippen LogP contribution in [0.15, 0.2) is 53.1 Å². The average Bonchev–Trinajstić information content (AvgIpc) is 3.07. The van der Waals surface area contributed by atoms with Crippen molar-refractivity contribution in [2.75, 3.05) is 0 Å². The highest BCUT2D eigenvalue weighted by Crippen LogP contribution is 2.51. The zero-order valence-electron chi connectivity index (χ0n) is 10.3. The third-order valence-electron chi connectivity index (χ3n) is 3.99. The maximum atomic E-state index is 5.76. The standard InChI is InChI=1S/C15H18N2O/c16-17-14(11-13-7-4-10-18-13)15(8-9-15)12-5-2-1-3-6-12/h1-7,10,14,17H,8-9,11,16H2. The van der Waals surface area contributed by atoms with Gasteiger partial charge in [0.05, 0.1) is 6.26 Å². The molecule has 0 aliphatic heterocycles. The van der Waals surface area contributed by atoms with Crippen molar-refractivity contribution in [1.82, 2.24) is 5.43 Å². The lowest BCUT2D eigenvalue weighted by Gasteiger charge is -2.26. The Balaban J connectivity index is 1.83. The Morgan fingerprint density at radius 3 is 2.50 bits per heavy atom. The summed E-state index contributed by atoms with van der Waals surface area (Å²) in [5.41, 5.74) is 4.54. The van der Waals surface area contributed by atoms with Gasteiger partial charge >= 0.3 is 0 Å². The Bertz CT molecular complexity index is 488. The van der Waals surface area contributed by atoms with Crippen molar-refractivity contribution in [1.29, 1.82) is 0 Å². The lowest BCUT2D eigenvalue weighted by atomic mass is 9.86. The number of furan rings is 1. The summed E-state index contributed by atoms with van der Waals surface area (Å²) in [5, 5.41) is 0. The smallest absolute Gasteiger partial charge is 0.105 e. The Kier molecular flexibility index (Phi) is 2.94. The zero-order valence-corrected chi connectivity index (χ0v) is 10.3. The molecule has 94 valence electrons. The van der Waals surface area contributed by atoms with Crippen molar-refractivity contribution in [3.63, 3.8) is 0 Å². The van der Waals surface area contributed by atoms with Crippen molar-refractivity contribution in [3.8, 4) is 0 Å². The van der Waals surface area contributed by atoms with Gasteiger partial charge in [-0.15, -0.1) is 0 Å². The van der Waals surface area contributed by atoms with E-state index in [2.05, 4.69) is 35.8 Å². The average molecular weight is 242 g/mol. The minimum Gasteiger partial charge on any atom is -0.469 e. The van der Waals surface area contributed by atoms with Crippen LogP contribution in [0.2, 0.25) is 0 Å². The molecule has 2 aromatic rings.